The van der Waals surface area contributed by atoms with Gasteiger partial charge in [-0.05, 0) is 49.2 Å². The molecule has 0 aromatic heterocycles. The van der Waals surface area contributed by atoms with Gasteiger partial charge in [0, 0.05) is 23.1 Å². The first-order valence-corrected chi connectivity index (χ1v) is 9.48. The summed E-state index contributed by atoms with van der Waals surface area (Å²) in [5.41, 5.74) is 0.962. The third kappa shape index (κ3) is 5.72. The van der Waals surface area contributed by atoms with Crippen molar-refractivity contribution < 1.29 is 13.9 Å². The first-order valence-electron chi connectivity index (χ1n) is 8.60. The Morgan fingerprint density at radius 1 is 1.08 bits per heavy atom. The van der Waals surface area contributed by atoms with Gasteiger partial charge in [0.25, 0.3) is 5.92 Å². The number of benzene rings is 2. The van der Waals surface area contributed by atoms with Crippen molar-refractivity contribution in [3.8, 4) is 5.75 Å². The third-order valence-electron chi connectivity index (χ3n) is 4.45. The zero-order valence-electron chi connectivity index (χ0n) is 14.1. The van der Waals surface area contributed by atoms with Crippen LogP contribution >= 0.6 is 11.8 Å². The van der Waals surface area contributed by atoms with Gasteiger partial charge >= 0.3 is 0 Å². The Morgan fingerprint density at radius 3 is 2.52 bits per heavy atom. The van der Waals surface area contributed by atoms with E-state index >= 15 is 0 Å². The van der Waals surface area contributed by atoms with Gasteiger partial charge in [-0.1, -0.05) is 30.3 Å². The molecule has 0 amide bonds. The van der Waals surface area contributed by atoms with Crippen LogP contribution in [0.3, 0.4) is 0 Å². The molecule has 3 rings (SSSR count). The summed E-state index contributed by atoms with van der Waals surface area (Å²) in [7, 11) is 0. The number of phenolic OH excluding ortho intramolecular Hbond substituents is 1. The molecule has 2 nitrogen and oxygen atoms in total. The molecule has 2 aromatic rings. The minimum atomic E-state index is -2.66. The number of thioether (sulfide) groups is 1. The minimum absolute atomic E-state index is 0.108. The van der Waals surface area contributed by atoms with E-state index in [-0.39, 0.29) is 18.7 Å². The van der Waals surface area contributed by atoms with Crippen molar-refractivity contribution in [3.63, 3.8) is 0 Å². The molecule has 0 saturated carbocycles. The molecule has 0 spiro atoms. The Balaban J connectivity index is 1.45. The summed E-state index contributed by atoms with van der Waals surface area (Å²) < 4.78 is 28.6. The van der Waals surface area contributed by atoms with E-state index in [1.165, 1.54) is 0 Å². The van der Waals surface area contributed by atoms with Gasteiger partial charge in [-0.15, -0.1) is 11.8 Å². The SMILES string of the molecule is Oc1ccc(SC2CCN(CC(F)(F)CCc3ccccc3)C2)cc1. The third-order valence-corrected chi connectivity index (χ3v) is 5.71. The highest BCUT2D eigenvalue weighted by atomic mass is 32.2. The molecular formula is C20H23F2NOS. The zero-order chi connectivity index (χ0) is 17.7. The number of alkyl halides is 2. The summed E-state index contributed by atoms with van der Waals surface area (Å²) in [6.07, 6.45) is 1.22. The average molecular weight is 363 g/mol. The summed E-state index contributed by atoms with van der Waals surface area (Å²) in [5, 5.41) is 9.65. The number of nitrogens with zero attached hydrogens (tertiary/aromatic N) is 1. The van der Waals surface area contributed by atoms with Crippen molar-refractivity contribution in [2.75, 3.05) is 19.6 Å². The lowest BCUT2D eigenvalue weighted by atomic mass is 10.1. The molecule has 1 fully saturated rings. The van der Waals surface area contributed by atoms with Gasteiger partial charge in [0.2, 0.25) is 0 Å². The van der Waals surface area contributed by atoms with Gasteiger partial charge < -0.3 is 5.11 Å². The van der Waals surface area contributed by atoms with Crippen molar-refractivity contribution in [2.24, 2.45) is 0 Å². The zero-order valence-corrected chi connectivity index (χ0v) is 14.9. The average Bonchev–Trinajstić information content (AvgIpc) is 3.02. The van der Waals surface area contributed by atoms with Crippen molar-refractivity contribution in [2.45, 2.75) is 35.3 Å². The number of aromatic hydroxyl groups is 1. The van der Waals surface area contributed by atoms with Crippen molar-refractivity contribution in [1.82, 2.24) is 4.90 Å². The molecular weight excluding hydrogens is 340 g/mol. The number of rotatable bonds is 7. The molecule has 2 aromatic carbocycles. The fraction of sp³-hybridized carbons (Fsp3) is 0.400. The Kier molecular flexibility index (Phi) is 5.97. The minimum Gasteiger partial charge on any atom is -0.508 e. The maximum absolute atomic E-state index is 14.3. The fourth-order valence-electron chi connectivity index (χ4n) is 3.13. The van der Waals surface area contributed by atoms with Gasteiger partial charge in [0.15, 0.2) is 0 Å². The smallest absolute Gasteiger partial charge is 0.260 e. The largest absolute Gasteiger partial charge is 0.508 e. The highest BCUT2D eigenvalue weighted by Crippen LogP contribution is 2.32. The van der Waals surface area contributed by atoms with Crippen LogP contribution in [0.1, 0.15) is 18.4 Å². The summed E-state index contributed by atoms with van der Waals surface area (Å²) in [4.78, 5) is 2.95. The molecule has 0 bridgehead atoms. The standard InChI is InChI=1S/C20H23F2NOS/c21-20(22,12-10-16-4-2-1-3-5-16)15-23-13-11-19(14-23)25-18-8-6-17(24)7-9-18/h1-9,19,24H,10-15H2. The van der Waals surface area contributed by atoms with E-state index in [0.717, 1.165) is 23.4 Å². The van der Waals surface area contributed by atoms with Crippen molar-refractivity contribution in [3.05, 3.63) is 60.2 Å². The second-order valence-electron chi connectivity index (χ2n) is 6.60. The van der Waals surface area contributed by atoms with E-state index in [9.17, 15) is 13.9 Å². The maximum atomic E-state index is 14.3. The molecule has 5 heteroatoms. The summed E-state index contributed by atoms with van der Waals surface area (Å²) >= 11 is 1.70. The molecule has 25 heavy (non-hydrogen) atoms. The number of hydrogen-bond donors (Lipinski definition) is 1. The van der Waals surface area contributed by atoms with Gasteiger partial charge in [-0.25, -0.2) is 8.78 Å². The highest BCUT2D eigenvalue weighted by molar-refractivity contribution is 8.00. The molecule has 0 aliphatic carbocycles. The first-order chi connectivity index (χ1) is 12.0. The second kappa shape index (κ2) is 8.19. The molecule has 1 saturated heterocycles. The number of hydrogen-bond acceptors (Lipinski definition) is 3. The lowest BCUT2D eigenvalue weighted by Gasteiger charge is -2.23. The lowest BCUT2D eigenvalue weighted by molar-refractivity contribution is -0.0339. The van der Waals surface area contributed by atoms with Crippen LogP contribution < -0.4 is 0 Å². The van der Waals surface area contributed by atoms with Crippen LogP contribution in [0, 0.1) is 0 Å². The second-order valence-corrected chi connectivity index (χ2v) is 7.97. The molecule has 0 radical (unpaired) electrons. The van der Waals surface area contributed by atoms with Gasteiger partial charge in [-0.2, -0.15) is 0 Å². The van der Waals surface area contributed by atoms with Gasteiger partial charge in [0.05, 0.1) is 6.54 Å². The van der Waals surface area contributed by atoms with Crippen LogP contribution in [0.4, 0.5) is 8.78 Å². The number of halogens is 2. The summed E-state index contributed by atoms with van der Waals surface area (Å²) in [6, 6.07) is 16.5. The first kappa shape index (κ1) is 18.2. The summed E-state index contributed by atoms with van der Waals surface area (Å²) in [5.74, 6) is -2.41. The van der Waals surface area contributed by atoms with Crippen LogP contribution in [0.2, 0.25) is 0 Å². The van der Waals surface area contributed by atoms with E-state index in [1.54, 1.807) is 23.9 Å². The molecule has 134 valence electrons. The molecule has 1 aliphatic rings. The van der Waals surface area contributed by atoms with Crippen LogP contribution in [-0.4, -0.2) is 40.8 Å². The Hall–Kier alpha value is -1.59. The van der Waals surface area contributed by atoms with E-state index in [1.807, 2.05) is 47.4 Å². The predicted molar refractivity (Wildman–Crippen MR) is 98.5 cm³/mol. The lowest BCUT2D eigenvalue weighted by Crippen LogP contribution is -2.36. The van der Waals surface area contributed by atoms with Gasteiger partial charge in [0.1, 0.15) is 5.75 Å². The van der Waals surface area contributed by atoms with Crippen LogP contribution in [0.25, 0.3) is 0 Å². The van der Waals surface area contributed by atoms with E-state index in [4.69, 9.17) is 0 Å². The number of likely N-dealkylation sites (tertiary alicyclic amines) is 1. The van der Waals surface area contributed by atoms with Crippen LogP contribution in [0.15, 0.2) is 59.5 Å². The van der Waals surface area contributed by atoms with E-state index in [0.29, 0.717) is 18.2 Å². The maximum Gasteiger partial charge on any atom is 0.260 e. The van der Waals surface area contributed by atoms with Gasteiger partial charge in [-0.3, -0.25) is 4.90 Å². The van der Waals surface area contributed by atoms with E-state index in [2.05, 4.69) is 0 Å². The van der Waals surface area contributed by atoms with Crippen molar-refractivity contribution in [1.29, 1.82) is 0 Å². The Labute approximate surface area is 151 Å². The predicted octanol–water partition coefficient (Wildman–Crippen LogP) is 4.83. The quantitative estimate of drug-likeness (QED) is 0.762. The summed E-state index contributed by atoms with van der Waals surface area (Å²) in [6.45, 7) is 1.25. The normalized spacial score (nSPS) is 18.6. The van der Waals surface area contributed by atoms with Crippen LogP contribution in [-0.2, 0) is 6.42 Å². The molecule has 1 aliphatic heterocycles. The van der Waals surface area contributed by atoms with Crippen LogP contribution in [0.5, 0.6) is 5.75 Å². The fourth-order valence-corrected chi connectivity index (χ4v) is 4.32. The monoisotopic (exact) mass is 363 g/mol. The molecule has 1 N–H and O–H groups in total. The Bertz CT molecular complexity index is 663. The van der Waals surface area contributed by atoms with Crippen molar-refractivity contribution >= 4 is 11.8 Å². The molecule has 1 atom stereocenters. The highest BCUT2D eigenvalue weighted by Gasteiger charge is 2.34. The number of aryl methyl sites for hydroxylation is 1. The molecule has 1 unspecified atom stereocenters. The number of phenols is 1. The van der Waals surface area contributed by atoms with E-state index < -0.39 is 5.92 Å². The topological polar surface area (TPSA) is 23.5 Å². The Morgan fingerprint density at radius 2 is 1.80 bits per heavy atom. The molecule has 1 heterocycles.